The fourth-order valence-electron chi connectivity index (χ4n) is 10.3. The van der Waals surface area contributed by atoms with E-state index in [1.807, 2.05) is 0 Å². The van der Waals surface area contributed by atoms with E-state index < -0.39 is 248 Å². The molecule has 35 atom stereocenters. The molecular weight excluding hydrogens is 1060 g/mol. The zero-order valence-electron chi connectivity index (χ0n) is 40.8. The molecule has 35 nitrogen and oxygen atoms in total. The van der Waals surface area contributed by atoms with Gasteiger partial charge in [0.15, 0.2) is 56.6 Å². The van der Waals surface area contributed by atoms with Gasteiger partial charge in [-0.3, -0.25) is 0 Å². The molecule has 21 aliphatic heterocycles. The lowest BCUT2D eigenvalue weighted by molar-refractivity contribution is -0.422. The zero-order chi connectivity index (χ0) is 56.1. The summed E-state index contributed by atoms with van der Waals surface area (Å²) in [6.45, 7) is -5.14. The Bertz CT molecular complexity index is 1470. The van der Waals surface area contributed by atoms with Crippen molar-refractivity contribution in [2.75, 3.05) is 47.3 Å². The molecule has 21 aliphatic rings. The fourth-order valence-corrected chi connectivity index (χ4v) is 10.3. The lowest BCUT2D eigenvalue weighted by atomic mass is 9.95. The molecule has 19 N–H and O–H groups in total. The van der Waals surface area contributed by atoms with Crippen molar-refractivity contribution in [1.29, 1.82) is 0 Å². The van der Waals surface area contributed by atoms with Crippen LogP contribution in [0, 0.1) is 0 Å². The van der Waals surface area contributed by atoms with Crippen LogP contribution in [-0.4, -0.2) is 360 Å². The maximum Gasteiger partial charge on any atom is 0.189 e. The van der Waals surface area contributed by atoms with E-state index in [9.17, 15) is 97.0 Å². The summed E-state index contributed by atoms with van der Waals surface area (Å²) < 4.78 is 90.5. The molecular formula is C42H70O35. The average Bonchev–Trinajstić information content (AvgIpc) is 3.47. The normalized spacial score (nSPS) is 55.4. The zero-order valence-corrected chi connectivity index (χ0v) is 40.8. The molecule has 448 valence electrons. The third kappa shape index (κ3) is 12.1. The minimum Gasteiger partial charge on any atom is -0.394 e. The van der Waals surface area contributed by atoms with E-state index in [-0.39, 0.29) is 0 Å². The molecule has 0 aromatic rings. The van der Waals surface area contributed by atoms with Gasteiger partial charge in [-0.1, -0.05) is 0 Å². The lowest BCUT2D eigenvalue weighted by Gasteiger charge is -2.50. The van der Waals surface area contributed by atoms with Gasteiger partial charge in [-0.05, 0) is 0 Å². The summed E-state index contributed by atoms with van der Waals surface area (Å²) in [4.78, 5) is 0. The second kappa shape index (κ2) is 26.0. The number of aliphatic hydroxyl groups excluding tert-OH is 19. The standard InChI is InChI=1S/C42H70O35/c1-62-41-32-19(54)26(61)40(77-41)75-33-18(53)25(60)39(76-42(33)63-2)73-31-12(7-47)67-37(23(58)16(31)51)71-29-10(5-45)65-35(21(56)14(29)49)69-27-8(3-43)64-34(20(55)13(27)48)70-28-9(4-44)66-36(22(57)15(28)50)72-30-11(6-46)68-38(74-32)24(59)17(30)52/h8-61H,3-7H2,1-2H3/t8?,9?,10?,11?,12?,13-,14-,15-,16-,17-,18-,19-,20?,21?,22?,23?,24?,25?,26?,27-,28-,29-,30-,31-,32+,33+,34-,35-,36-,37-,38-,39+,40+,41?,42?/m1/s1. The van der Waals surface area contributed by atoms with Crippen molar-refractivity contribution in [1.82, 2.24) is 0 Å². The molecule has 0 aliphatic carbocycles. The highest BCUT2D eigenvalue weighted by atomic mass is 16.8. The highest BCUT2D eigenvalue weighted by Gasteiger charge is 2.59. The Hall–Kier alpha value is -1.40. The largest absolute Gasteiger partial charge is 0.394 e. The summed E-state index contributed by atoms with van der Waals surface area (Å²) in [5.74, 6) is 0. The van der Waals surface area contributed by atoms with E-state index in [1.54, 1.807) is 0 Å². The molecule has 0 aromatic carbocycles. The first kappa shape index (κ1) is 61.7. The summed E-state index contributed by atoms with van der Waals surface area (Å²) >= 11 is 0. The highest BCUT2D eigenvalue weighted by molar-refractivity contribution is 5.01. The summed E-state index contributed by atoms with van der Waals surface area (Å²) in [6, 6.07) is 0. The van der Waals surface area contributed by atoms with Crippen LogP contribution in [0.3, 0.4) is 0 Å². The maximum atomic E-state index is 11.4. The van der Waals surface area contributed by atoms with Crippen LogP contribution in [0.1, 0.15) is 0 Å². The van der Waals surface area contributed by atoms with E-state index in [1.165, 1.54) is 0 Å². The molecule has 0 radical (unpaired) electrons. The first-order valence-electron chi connectivity index (χ1n) is 24.5. The average molecular weight is 1130 g/mol. The van der Waals surface area contributed by atoms with E-state index >= 15 is 0 Å². The Balaban J connectivity index is 1.08. The van der Waals surface area contributed by atoms with Gasteiger partial charge in [0.2, 0.25) is 0 Å². The predicted octanol–water partition coefficient (Wildman–Crippen LogP) is -14.0. The van der Waals surface area contributed by atoms with Gasteiger partial charge in [0.25, 0.3) is 0 Å². The third-order valence-corrected chi connectivity index (χ3v) is 14.6. The molecule has 77 heavy (non-hydrogen) atoms. The van der Waals surface area contributed by atoms with Gasteiger partial charge in [-0.15, -0.1) is 0 Å². The van der Waals surface area contributed by atoms with Crippen LogP contribution < -0.4 is 0 Å². The molecule has 21 fully saturated rings. The van der Waals surface area contributed by atoms with Crippen molar-refractivity contribution < 1.29 is 173 Å². The number of aliphatic hydroxyl groups is 19. The SMILES string of the molecule is COC1O[C@@H]2O[C@@H]3C(OC)O[C@H](O[C@@H]4C(CO)O[C@H](O[C@@H]5C(CO)O[C@H](O[C@@H]6C(CO)O[C@H](O[C@@H]7C(CO)O[C@H](O[C@@H]8C(CO)O[C@H](O[C@H]1[C@H](O)C2O)C(O)[C@H]8O)C(O)[C@H]7O)C(O)[C@H]6O)C(O)[C@H]5O)C(O)[C@H]4O)C(O)[C@H]3O. The van der Waals surface area contributed by atoms with Crippen LogP contribution in [0.25, 0.3) is 0 Å². The van der Waals surface area contributed by atoms with Crippen LogP contribution >= 0.6 is 0 Å². The smallest absolute Gasteiger partial charge is 0.189 e. The van der Waals surface area contributed by atoms with Gasteiger partial charge in [-0.25, -0.2) is 0 Å². The van der Waals surface area contributed by atoms with Crippen molar-refractivity contribution in [3.63, 3.8) is 0 Å². The quantitative estimate of drug-likeness (QED) is 0.113. The lowest BCUT2D eigenvalue weighted by Crippen LogP contribution is -2.68. The minimum atomic E-state index is -2.20. The van der Waals surface area contributed by atoms with Crippen molar-refractivity contribution in [2.24, 2.45) is 0 Å². The summed E-state index contributed by atoms with van der Waals surface area (Å²) in [7, 11) is 2.10. The van der Waals surface area contributed by atoms with Crippen LogP contribution in [0.15, 0.2) is 0 Å². The van der Waals surface area contributed by atoms with Crippen molar-refractivity contribution >= 4 is 0 Å². The summed E-state index contributed by atoms with van der Waals surface area (Å²) in [5.41, 5.74) is 0. The summed E-state index contributed by atoms with van der Waals surface area (Å²) in [5, 5.41) is 210. The number of hydrogen-bond donors (Lipinski definition) is 19. The molecule has 14 bridgehead atoms. The Morgan fingerprint density at radius 2 is 0.377 bits per heavy atom. The van der Waals surface area contributed by atoms with Gasteiger partial charge < -0.3 is 173 Å². The van der Waals surface area contributed by atoms with E-state index in [0.717, 1.165) is 14.2 Å². The van der Waals surface area contributed by atoms with Crippen molar-refractivity contribution in [3.05, 3.63) is 0 Å². The summed E-state index contributed by atoms with van der Waals surface area (Å²) in [6.07, 6.45) is -69.3. The number of hydrogen-bond acceptors (Lipinski definition) is 35. The van der Waals surface area contributed by atoms with Gasteiger partial charge in [0.05, 0.1) is 33.0 Å². The number of rotatable bonds is 7. The first-order chi connectivity index (χ1) is 36.7. The van der Waals surface area contributed by atoms with E-state index in [2.05, 4.69) is 0 Å². The third-order valence-electron chi connectivity index (χ3n) is 14.6. The molecule has 35 heteroatoms. The maximum absolute atomic E-state index is 11.4. The van der Waals surface area contributed by atoms with Crippen LogP contribution in [0.4, 0.5) is 0 Å². The van der Waals surface area contributed by atoms with Gasteiger partial charge in [0.1, 0.15) is 159 Å². The molecule has 21 saturated heterocycles. The van der Waals surface area contributed by atoms with Gasteiger partial charge in [-0.2, -0.15) is 0 Å². The predicted molar refractivity (Wildman–Crippen MR) is 228 cm³/mol. The second-order valence-electron chi connectivity index (χ2n) is 19.4. The molecule has 0 saturated carbocycles. The molecule has 21 rings (SSSR count). The Morgan fingerprint density at radius 3 is 0.545 bits per heavy atom. The van der Waals surface area contributed by atoms with Gasteiger partial charge in [0, 0.05) is 14.2 Å². The van der Waals surface area contributed by atoms with Crippen LogP contribution in [0.2, 0.25) is 0 Å². The van der Waals surface area contributed by atoms with E-state index in [0.29, 0.717) is 0 Å². The first-order valence-corrected chi connectivity index (χ1v) is 24.5. The van der Waals surface area contributed by atoms with Crippen LogP contribution in [0.5, 0.6) is 0 Å². The van der Waals surface area contributed by atoms with Crippen molar-refractivity contribution in [2.45, 2.75) is 215 Å². The van der Waals surface area contributed by atoms with E-state index in [4.69, 9.17) is 75.8 Å². The molecule has 0 aromatic heterocycles. The Morgan fingerprint density at radius 1 is 0.221 bits per heavy atom. The highest BCUT2D eigenvalue weighted by Crippen LogP contribution is 2.39. The Labute approximate surface area is 435 Å². The minimum absolute atomic E-state index is 1.02. The van der Waals surface area contributed by atoms with Gasteiger partial charge >= 0.3 is 0 Å². The molecule has 14 unspecified atom stereocenters. The van der Waals surface area contributed by atoms with Crippen LogP contribution in [-0.2, 0) is 75.8 Å². The molecule has 0 spiro atoms. The number of methoxy groups -OCH3 is 2. The number of ether oxygens (including phenoxy) is 16. The second-order valence-corrected chi connectivity index (χ2v) is 19.4. The topological polar surface area (TPSA) is 532 Å². The molecule has 21 heterocycles. The monoisotopic (exact) mass is 1130 g/mol. The molecule has 0 amide bonds. The Kier molecular flexibility index (Phi) is 20.8. The fraction of sp³-hybridized carbons (Fsp3) is 1.00. The van der Waals surface area contributed by atoms with Crippen molar-refractivity contribution in [3.8, 4) is 0 Å².